The monoisotopic (exact) mass is 377 g/mol. The fourth-order valence-electron chi connectivity index (χ4n) is 3.08. The number of carbonyl (C=O) groups is 1. The molecule has 2 aromatic rings. The van der Waals surface area contributed by atoms with Gasteiger partial charge >= 0.3 is 0 Å². The van der Waals surface area contributed by atoms with E-state index in [0.29, 0.717) is 6.61 Å². The molecular formula is C23H27N3O2. The lowest BCUT2D eigenvalue weighted by Gasteiger charge is -2.35. The first-order valence-corrected chi connectivity index (χ1v) is 9.51. The molecule has 1 saturated heterocycles. The van der Waals surface area contributed by atoms with Gasteiger partial charge in [0.05, 0.1) is 11.4 Å². The van der Waals surface area contributed by atoms with Crippen LogP contribution in [-0.2, 0) is 4.79 Å². The number of likely N-dealkylation sites (N-methyl/N-ethyl adjacent to an activating group) is 1. The number of amides is 1. The minimum absolute atomic E-state index is 0.145. The van der Waals surface area contributed by atoms with Gasteiger partial charge in [-0.3, -0.25) is 4.79 Å². The van der Waals surface area contributed by atoms with Gasteiger partial charge in [-0.15, -0.1) is 0 Å². The van der Waals surface area contributed by atoms with E-state index >= 15 is 0 Å². The molecule has 1 amide bonds. The van der Waals surface area contributed by atoms with Crippen LogP contribution >= 0.6 is 0 Å². The predicted octanol–water partition coefficient (Wildman–Crippen LogP) is 3.66. The average molecular weight is 377 g/mol. The Morgan fingerprint density at radius 1 is 1.11 bits per heavy atom. The molecule has 3 rings (SSSR count). The van der Waals surface area contributed by atoms with Gasteiger partial charge in [0.1, 0.15) is 12.4 Å². The van der Waals surface area contributed by atoms with Gasteiger partial charge in [0, 0.05) is 32.3 Å². The molecule has 5 heteroatoms. The number of hydrogen-bond donors (Lipinski definition) is 1. The lowest BCUT2D eigenvalue weighted by atomic mass is 10.2. The Labute approximate surface area is 166 Å². The maximum atomic E-state index is 12.4. The highest BCUT2D eigenvalue weighted by Gasteiger charge is 2.17. The van der Waals surface area contributed by atoms with Crippen LogP contribution in [0.25, 0.3) is 6.08 Å². The molecule has 1 N–H and O–H groups in total. The third kappa shape index (κ3) is 5.47. The highest BCUT2D eigenvalue weighted by atomic mass is 16.5. The van der Waals surface area contributed by atoms with Crippen molar-refractivity contribution < 1.29 is 9.53 Å². The molecule has 1 fully saturated rings. The molecule has 2 aromatic carbocycles. The number of piperazine rings is 1. The standard InChI is InChI=1S/C23H27N3O2/c1-3-18-28-20-11-8-19(9-12-20)10-13-23(27)24-21-6-4-5-7-22(21)26-16-14-25(2)15-17-26/h3-13H,1,14-18H2,2H3,(H,24,27)/b13-10+. The van der Waals surface area contributed by atoms with Crippen molar-refractivity contribution >= 4 is 23.4 Å². The van der Waals surface area contributed by atoms with Crippen molar-refractivity contribution in [3.8, 4) is 5.75 Å². The van der Waals surface area contributed by atoms with Crippen LogP contribution in [0.2, 0.25) is 0 Å². The number of nitrogens with zero attached hydrogens (tertiary/aromatic N) is 2. The van der Waals surface area contributed by atoms with Crippen LogP contribution in [0.5, 0.6) is 5.75 Å². The molecule has 0 unspecified atom stereocenters. The first kappa shape index (κ1) is 19.7. The van der Waals surface area contributed by atoms with Crippen molar-refractivity contribution in [1.82, 2.24) is 4.90 Å². The molecule has 0 bridgehead atoms. The first-order chi connectivity index (χ1) is 13.7. The molecular weight excluding hydrogens is 350 g/mol. The summed E-state index contributed by atoms with van der Waals surface area (Å²) in [5.41, 5.74) is 2.85. The van der Waals surface area contributed by atoms with Crippen LogP contribution in [0.4, 0.5) is 11.4 Å². The Morgan fingerprint density at radius 2 is 1.82 bits per heavy atom. The first-order valence-electron chi connectivity index (χ1n) is 9.51. The van der Waals surface area contributed by atoms with E-state index in [1.807, 2.05) is 42.5 Å². The number of nitrogens with one attached hydrogen (secondary N) is 1. The van der Waals surface area contributed by atoms with Gasteiger partial charge in [0.15, 0.2) is 0 Å². The molecule has 1 aliphatic heterocycles. The Bertz CT molecular complexity index is 822. The van der Waals surface area contributed by atoms with E-state index in [2.05, 4.69) is 34.8 Å². The van der Waals surface area contributed by atoms with Gasteiger partial charge < -0.3 is 19.9 Å². The molecule has 0 saturated carbocycles. The van der Waals surface area contributed by atoms with E-state index in [1.165, 1.54) is 0 Å². The molecule has 1 aliphatic rings. The third-order valence-corrected chi connectivity index (χ3v) is 4.68. The zero-order valence-electron chi connectivity index (χ0n) is 16.3. The van der Waals surface area contributed by atoms with Crippen LogP contribution in [0.1, 0.15) is 5.56 Å². The smallest absolute Gasteiger partial charge is 0.248 e. The number of para-hydroxylation sites is 2. The van der Waals surface area contributed by atoms with Gasteiger partial charge in [-0.2, -0.15) is 0 Å². The maximum absolute atomic E-state index is 12.4. The van der Waals surface area contributed by atoms with Crippen LogP contribution in [0, 0.1) is 0 Å². The highest BCUT2D eigenvalue weighted by Crippen LogP contribution is 2.26. The van der Waals surface area contributed by atoms with Crippen LogP contribution < -0.4 is 15.0 Å². The Hall–Kier alpha value is -3.05. The van der Waals surface area contributed by atoms with Crippen LogP contribution in [-0.4, -0.2) is 50.6 Å². The summed E-state index contributed by atoms with van der Waals surface area (Å²) in [4.78, 5) is 17.1. The molecule has 146 valence electrons. The zero-order valence-corrected chi connectivity index (χ0v) is 16.3. The predicted molar refractivity (Wildman–Crippen MR) is 116 cm³/mol. The van der Waals surface area contributed by atoms with Crippen molar-refractivity contribution in [2.24, 2.45) is 0 Å². The van der Waals surface area contributed by atoms with E-state index in [1.54, 1.807) is 18.2 Å². The highest BCUT2D eigenvalue weighted by molar-refractivity contribution is 6.03. The topological polar surface area (TPSA) is 44.8 Å². The number of hydrogen-bond acceptors (Lipinski definition) is 4. The van der Waals surface area contributed by atoms with E-state index in [-0.39, 0.29) is 5.91 Å². The van der Waals surface area contributed by atoms with E-state index in [4.69, 9.17) is 4.74 Å². The molecule has 0 radical (unpaired) electrons. The van der Waals surface area contributed by atoms with Crippen molar-refractivity contribution in [3.05, 3.63) is 72.8 Å². The van der Waals surface area contributed by atoms with Gasteiger partial charge in [0.2, 0.25) is 5.91 Å². The molecule has 1 heterocycles. The largest absolute Gasteiger partial charge is 0.490 e. The lowest BCUT2D eigenvalue weighted by molar-refractivity contribution is -0.111. The second-order valence-electron chi connectivity index (χ2n) is 6.80. The van der Waals surface area contributed by atoms with Crippen molar-refractivity contribution in [3.63, 3.8) is 0 Å². The normalized spacial score (nSPS) is 14.8. The fraction of sp³-hybridized carbons (Fsp3) is 0.261. The second kappa shape index (κ2) is 9.76. The van der Waals surface area contributed by atoms with Crippen molar-refractivity contribution in [1.29, 1.82) is 0 Å². The minimum Gasteiger partial charge on any atom is -0.490 e. The van der Waals surface area contributed by atoms with Crippen molar-refractivity contribution in [2.45, 2.75) is 0 Å². The molecule has 28 heavy (non-hydrogen) atoms. The number of ether oxygens (including phenoxy) is 1. The maximum Gasteiger partial charge on any atom is 0.248 e. The average Bonchev–Trinajstić information content (AvgIpc) is 2.72. The van der Waals surface area contributed by atoms with Gasteiger partial charge in [-0.25, -0.2) is 0 Å². The number of carbonyl (C=O) groups excluding carboxylic acids is 1. The Balaban J connectivity index is 1.62. The van der Waals surface area contributed by atoms with E-state index in [9.17, 15) is 4.79 Å². The van der Waals surface area contributed by atoms with Crippen LogP contribution in [0.3, 0.4) is 0 Å². The molecule has 5 nitrogen and oxygen atoms in total. The summed E-state index contributed by atoms with van der Waals surface area (Å²) < 4.78 is 5.46. The third-order valence-electron chi connectivity index (χ3n) is 4.68. The minimum atomic E-state index is -0.145. The summed E-state index contributed by atoms with van der Waals surface area (Å²) in [7, 11) is 2.13. The molecule has 0 spiro atoms. The SMILES string of the molecule is C=CCOc1ccc(/C=C/C(=O)Nc2ccccc2N2CCN(C)CC2)cc1. The molecule has 0 aromatic heterocycles. The van der Waals surface area contributed by atoms with E-state index in [0.717, 1.165) is 48.9 Å². The molecule has 0 atom stereocenters. The summed E-state index contributed by atoms with van der Waals surface area (Å²) >= 11 is 0. The number of benzene rings is 2. The summed E-state index contributed by atoms with van der Waals surface area (Å²) in [6.45, 7) is 8.07. The Kier molecular flexibility index (Phi) is 6.87. The van der Waals surface area contributed by atoms with Crippen molar-refractivity contribution in [2.75, 3.05) is 50.1 Å². The summed E-state index contributed by atoms with van der Waals surface area (Å²) in [6, 6.07) is 15.6. The number of anilines is 2. The summed E-state index contributed by atoms with van der Waals surface area (Å²) in [5, 5.41) is 3.01. The number of rotatable bonds is 7. The van der Waals surface area contributed by atoms with Gasteiger partial charge in [-0.05, 0) is 43.0 Å². The Morgan fingerprint density at radius 3 is 2.54 bits per heavy atom. The van der Waals surface area contributed by atoms with E-state index < -0.39 is 0 Å². The second-order valence-corrected chi connectivity index (χ2v) is 6.80. The quantitative estimate of drug-likeness (QED) is 0.591. The zero-order chi connectivity index (χ0) is 19.8. The molecule has 0 aliphatic carbocycles. The summed E-state index contributed by atoms with van der Waals surface area (Å²) in [6.07, 6.45) is 5.06. The van der Waals surface area contributed by atoms with Crippen LogP contribution in [0.15, 0.2) is 67.3 Å². The summed E-state index contributed by atoms with van der Waals surface area (Å²) in [5.74, 6) is 0.635. The van der Waals surface area contributed by atoms with Gasteiger partial charge in [0.25, 0.3) is 0 Å². The lowest BCUT2D eigenvalue weighted by Crippen LogP contribution is -2.44. The fourth-order valence-corrected chi connectivity index (χ4v) is 3.08. The van der Waals surface area contributed by atoms with Gasteiger partial charge in [-0.1, -0.05) is 36.9 Å².